The summed E-state index contributed by atoms with van der Waals surface area (Å²) in [5.74, 6) is -0.0936. The largest absolute Gasteiger partial charge is 0.469 e. The van der Waals surface area contributed by atoms with Crippen LogP contribution < -0.4 is 0 Å². The second-order valence-corrected chi connectivity index (χ2v) is 4.92. The summed E-state index contributed by atoms with van der Waals surface area (Å²) in [6.45, 7) is 2.13. The summed E-state index contributed by atoms with van der Waals surface area (Å²) in [6.07, 6.45) is 25.2. The third-order valence-electron chi connectivity index (χ3n) is 3.04. The van der Waals surface area contributed by atoms with Crippen LogP contribution in [0.4, 0.5) is 0 Å². The lowest BCUT2D eigenvalue weighted by atomic mass is 10.1. The molecule has 0 aromatic heterocycles. The quantitative estimate of drug-likeness (QED) is 0.269. The van der Waals surface area contributed by atoms with Gasteiger partial charge in [0, 0.05) is 6.42 Å². The molecule has 21 heavy (non-hydrogen) atoms. The fourth-order valence-electron chi connectivity index (χ4n) is 1.81. The normalized spacial score (nSPS) is 12.3. The third-order valence-corrected chi connectivity index (χ3v) is 3.04. The highest BCUT2D eigenvalue weighted by Crippen LogP contribution is 2.08. The fraction of sp³-hybridized carbons (Fsp3) is 0.526. The lowest BCUT2D eigenvalue weighted by Crippen LogP contribution is -1.98. The van der Waals surface area contributed by atoms with Crippen LogP contribution in [0.2, 0.25) is 0 Å². The van der Waals surface area contributed by atoms with E-state index in [0.717, 1.165) is 25.7 Å². The first-order valence-corrected chi connectivity index (χ1v) is 8.03. The predicted molar refractivity (Wildman–Crippen MR) is 91.2 cm³/mol. The number of ether oxygens (including phenoxy) is 1. The van der Waals surface area contributed by atoms with E-state index < -0.39 is 0 Å². The summed E-state index contributed by atoms with van der Waals surface area (Å²) in [5, 5.41) is 0. The summed E-state index contributed by atoms with van der Waals surface area (Å²) in [4.78, 5) is 10.9. The van der Waals surface area contributed by atoms with E-state index in [1.54, 1.807) is 0 Å². The van der Waals surface area contributed by atoms with E-state index in [4.69, 9.17) is 0 Å². The standard InChI is InChI=1S/C19H30O2/c1-3-4-5-6-7-8-9-10-11-12-13-14-15-16-17-18-19(20)21-2/h4-11H,3,12-18H2,1-2H3/b5-4+,7-6+,9-8+,11-10+/i19+2. The molecule has 0 amide bonds. The number of carbonyl (C=O) groups is 1. The second kappa shape index (κ2) is 16.5. The van der Waals surface area contributed by atoms with E-state index in [1.807, 2.05) is 18.2 Å². The molecule has 0 saturated heterocycles. The molecule has 0 radical (unpaired) electrons. The number of hydrogen-bond donors (Lipinski definition) is 0. The van der Waals surface area contributed by atoms with Crippen molar-refractivity contribution in [1.82, 2.24) is 0 Å². The Hall–Kier alpha value is -1.57. The van der Waals surface area contributed by atoms with Crippen LogP contribution in [0.15, 0.2) is 48.6 Å². The van der Waals surface area contributed by atoms with Gasteiger partial charge in [0.15, 0.2) is 0 Å². The van der Waals surface area contributed by atoms with Crippen molar-refractivity contribution in [2.75, 3.05) is 7.11 Å². The van der Waals surface area contributed by atoms with Crippen molar-refractivity contribution in [2.24, 2.45) is 0 Å². The third kappa shape index (κ3) is 16.4. The van der Waals surface area contributed by atoms with Gasteiger partial charge >= 0.3 is 5.97 Å². The smallest absolute Gasteiger partial charge is 0.305 e. The molecular weight excluding hydrogens is 262 g/mol. The lowest BCUT2D eigenvalue weighted by molar-refractivity contribution is -0.140. The van der Waals surface area contributed by atoms with Crippen LogP contribution in [0.25, 0.3) is 0 Å². The maximum atomic E-state index is 10.9. The minimum absolute atomic E-state index is 0.0936. The Balaban J connectivity index is 3.36. The number of allylic oxidation sites excluding steroid dienone is 8. The molecular formula is C19H30O2. The van der Waals surface area contributed by atoms with Gasteiger partial charge in [-0.2, -0.15) is 0 Å². The Kier molecular flexibility index (Phi) is 15.3. The summed E-state index contributed by atoms with van der Waals surface area (Å²) in [5.41, 5.74) is 0. The maximum Gasteiger partial charge on any atom is 0.305 e. The molecule has 0 rings (SSSR count). The zero-order valence-electron chi connectivity index (χ0n) is 13.6. The minimum Gasteiger partial charge on any atom is -0.469 e. The molecule has 0 atom stereocenters. The van der Waals surface area contributed by atoms with Crippen molar-refractivity contribution in [3.8, 4) is 0 Å². The van der Waals surface area contributed by atoms with E-state index in [-0.39, 0.29) is 5.97 Å². The van der Waals surface area contributed by atoms with E-state index in [9.17, 15) is 4.79 Å². The Labute approximate surface area is 130 Å². The van der Waals surface area contributed by atoms with E-state index in [0.29, 0.717) is 6.42 Å². The SMILES string of the molecule is CC/C=C/C=C/C=C/C=C/CCCCCCC[14C](=O)OC. The van der Waals surface area contributed by atoms with Crippen molar-refractivity contribution in [3.05, 3.63) is 48.6 Å². The molecule has 0 fully saturated rings. The van der Waals surface area contributed by atoms with Gasteiger partial charge in [-0.25, -0.2) is 0 Å². The lowest BCUT2D eigenvalue weighted by Gasteiger charge is -1.99. The number of hydrogen-bond acceptors (Lipinski definition) is 2. The molecule has 0 saturated carbocycles. The van der Waals surface area contributed by atoms with Gasteiger partial charge in [-0.3, -0.25) is 4.79 Å². The fourth-order valence-corrected chi connectivity index (χ4v) is 1.81. The molecule has 0 aromatic rings. The van der Waals surface area contributed by atoms with Gasteiger partial charge in [0.25, 0.3) is 0 Å². The van der Waals surface area contributed by atoms with Gasteiger partial charge in [-0.1, -0.05) is 74.8 Å². The van der Waals surface area contributed by atoms with Crippen molar-refractivity contribution < 1.29 is 9.53 Å². The first-order valence-electron chi connectivity index (χ1n) is 8.03. The molecule has 118 valence electrons. The molecule has 0 bridgehead atoms. The van der Waals surface area contributed by atoms with Gasteiger partial charge in [-0.05, 0) is 25.7 Å². The summed E-state index contributed by atoms with van der Waals surface area (Å²) in [6, 6.07) is 0. The molecule has 0 aliphatic heterocycles. The molecule has 0 heterocycles. The zero-order chi connectivity index (χ0) is 15.6. The first-order chi connectivity index (χ1) is 10.3. The molecule has 2 heteroatoms. The van der Waals surface area contributed by atoms with Crippen molar-refractivity contribution in [2.45, 2.75) is 58.3 Å². The second-order valence-electron chi connectivity index (χ2n) is 4.92. The summed E-state index contributed by atoms with van der Waals surface area (Å²) in [7, 11) is 1.45. The summed E-state index contributed by atoms with van der Waals surface area (Å²) >= 11 is 0. The average Bonchev–Trinajstić information content (AvgIpc) is 2.50. The Morgan fingerprint density at radius 2 is 1.38 bits per heavy atom. The van der Waals surface area contributed by atoms with Crippen molar-refractivity contribution in [1.29, 1.82) is 0 Å². The van der Waals surface area contributed by atoms with Crippen LogP contribution in [0.1, 0.15) is 58.3 Å². The van der Waals surface area contributed by atoms with Crippen LogP contribution in [0.5, 0.6) is 0 Å². The van der Waals surface area contributed by atoms with Crippen LogP contribution in [-0.2, 0) is 9.53 Å². The van der Waals surface area contributed by atoms with Crippen LogP contribution in [0, 0.1) is 0 Å². The average molecular weight is 292 g/mol. The van der Waals surface area contributed by atoms with Gasteiger partial charge in [0.2, 0.25) is 0 Å². The number of carbonyl (C=O) groups excluding carboxylic acids is 1. The van der Waals surface area contributed by atoms with Crippen LogP contribution in [-0.4, -0.2) is 13.1 Å². The van der Waals surface area contributed by atoms with Crippen LogP contribution in [0.3, 0.4) is 0 Å². The Bertz CT molecular complexity index is 349. The Morgan fingerprint density at radius 1 is 0.810 bits per heavy atom. The molecule has 2 nitrogen and oxygen atoms in total. The first kappa shape index (κ1) is 19.4. The van der Waals surface area contributed by atoms with Gasteiger partial charge < -0.3 is 4.74 Å². The molecule has 0 aliphatic rings. The molecule has 0 N–H and O–H groups in total. The van der Waals surface area contributed by atoms with Crippen molar-refractivity contribution >= 4 is 5.97 Å². The van der Waals surface area contributed by atoms with Crippen LogP contribution >= 0.6 is 0 Å². The molecule has 0 aliphatic carbocycles. The van der Waals surface area contributed by atoms with Gasteiger partial charge in [0.1, 0.15) is 0 Å². The monoisotopic (exact) mass is 292 g/mol. The van der Waals surface area contributed by atoms with E-state index >= 15 is 0 Å². The molecule has 0 spiro atoms. The number of rotatable bonds is 12. The predicted octanol–water partition coefficient (Wildman–Crippen LogP) is 5.52. The van der Waals surface area contributed by atoms with E-state index in [2.05, 4.69) is 42.0 Å². The van der Waals surface area contributed by atoms with E-state index in [1.165, 1.54) is 26.4 Å². The zero-order valence-corrected chi connectivity index (χ0v) is 13.6. The van der Waals surface area contributed by atoms with Crippen molar-refractivity contribution in [3.63, 3.8) is 0 Å². The minimum atomic E-state index is -0.0936. The van der Waals surface area contributed by atoms with Gasteiger partial charge in [-0.15, -0.1) is 0 Å². The highest BCUT2D eigenvalue weighted by Gasteiger charge is 1.98. The maximum absolute atomic E-state index is 10.9. The molecule has 0 aromatic carbocycles. The molecule has 0 unspecified atom stereocenters. The number of unbranched alkanes of at least 4 members (excludes halogenated alkanes) is 5. The summed E-state index contributed by atoms with van der Waals surface area (Å²) < 4.78 is 4.61. The number of methoxy groups -OCH3 is 1. The topological polar surface area (TPSA) is 26.3 Å². The number of esters is 1. The Morgan fingerprint density at radius 3 is 2.05 bits per heavy atom. The highest BCUT2D eigenvalue weighted by atomic mass is 16.7. The highest BCUT2D eigenvalue weighted by molar-refractivity contribution is 5.68. The van der Waals surface area contributed by atoms with Gasteiger partial charge in [0.05, 0.1) is 7.11 Å².